The summed E-state index contributed by atoms with van der Waals surface area (Å²) in [4.78, 5) is 25.7. The molecule has 0 spiro atoms. The van der Waals surface area contributed by atoms with Crippen LogP contribution in [0.5, 0.6) is 0 Å². The van der Waals surface area contributed by atoms with Crippen LogP contribution in [0.15, 0.2) is 22.7 Å². The van der Waals surface area contributed by atoms with Crippen molar-refractivity contribution in [2.75, 3.05) is 25.0 Å². The maximum atomic E-state index is 13.5. The van der Waals surface area contributed by atoms with Crippen LogP contribution in [0.25, 0.3) is 0 Å². The van der Waals surface area contributed by atoms with Crippen molar-refractivity contribution in [2.45, 2.75) is 39.2 Å². The zero-order valence-electron chi connectivity index (χ0n) is 15.3. The summed E-state index contributed by atoms with van der Waals surface area (Å²) in [6.07, 6.45) is 1.16. The van der Waals surface area contributed by atoms with Gasteiger partial charge in [-0.1, -0.05) is 0 Å². The van der Waals surface area contributed by atoms with Crippen molar-refractivity contribution in [1.29, 1.82) is 0 Å². The predicted octanol–water partition coefficient (Wildman–Crippen LogP) is 4.36. The van der Waals surface area contributed by atoms with Gasteiger partial charge in [0.1, 0.15) is 11.4 Å². The number of nitrogens with zero attached hydrogens (tertiary/aromatic N) is 1. The highest BCUT2D eigenvalue weighted by Gasteiger charge is 2.24. The van der Waals surface area contributed by atoms with Crippen molar-refractivity contribution in [3.05, 3.63) is 28.5 Å². The molecule has 1 heterocycles. The molecule has 1 aliphatic rings. The Labute approximate surface area is 161 Å². The standard InChI is InChI=1S/C18H25BrFN3O3/c1-18(2,3)26-17(25)21-11-12-6-8-23(9-7-12)16(24)22-13-4-5-14(19)15(20)10-13/h4-5,10,12H,6-9,11H2,1-3H3,(H,21,25)(H,22,24). The first-order valence-electron chi connectivity index (χ1n) is 8.62. The number of rotatable bonds is 3. The summed E-state index contributed by atoms with van der Waals surface area (Å²) in [5.74, 6) is -0.119. The number of hydrogen-bond acceptors (Lipinski definition) is 3. The third-order valence-corrected chi connectivity index (χ3v) is 4.65. The van der Waals surface area contributed by atoms with E-state index < -0.39 is 17.5 Å². The summed E-state index contributed by atoms with van der Waals surface area (Å²) in [6.45, 7) is 7.17. The van der Waals surface area contributed by atoms with Gasteiger partial charge in [-0.3, -0.25) is 0 Å². The van der Waals surface area contributed by atoms with Crippen molar-refractivity contribution in [1.82, 2.24) is 10.2 Å². The summed E-state index contributed by atoms with van der Waals surface area (Å²) in [7, 11) is 0. The molecular formula is C18H25BrFN3O3. The highest BCUT2D eigenvalue weighted by atomic mass is 79.9. The van der Waals surface area contributed by atoms with E-state index in [2.05, 4.69) is 26.6 Å². The van der Waals surface area contributed by atoms with E-state index in [1.54, 1.807) is 17.0 Å². The molecule has 0 aromatic heterocycles. The van der Waals surface area contributed by atoms with Crippen LogP contribution in [0.4, 0.5) is 19.7 Å². The lowest BCUT2D eigenvalue weighted by Gasteiger charge is -2.32. The minimum atomic E-state index is -0.516. The maximum absolute atomic E-state index is 13.5. The van der Waals surface area contributed by atoms with E-state index >= 15 is 0 Å². The Morgan fingerprint density at radius 3 is 2.54 bits per heavy atom. The number of ether oxygens (including phenoxy) is 1. The summed E-state index contributed by atoms with van der Waals surface area (Å²) < 4.78 is 19.1. The number of piperidine rings is 1. The zero-order chi connectivity index (χ0) is 19.3. The average Bonchev–Trinajstić information content (AvgIpc) is 2.55. The molecule has 2 N–H and O–H groups in total. The number of halogens is 2. The quantitative estimate of drug-likeness (QED) is 0.749. The maximum Gasteiger partial charge on any atom is 0.407 e. The summed E-state index contributed by atoms with van der Waals surface area (Å²) in [5, 5.41) is 5.48. The van der Waals surface area contributed by atoms with E-state index in [9.17, 15) is 14.0 Å². The van der Waals surface area contributed by atoms with Gasteiger partial charge in [-0.05, 0) is 73.7 Å². The van der Waals surface area contributed by atoms with Gasteiger partial charge in [0.2, 0.25) is 0 Å². The number of hydrogen-bond donors (Lipinski definition) is 2. The largest absolute Gasteiger partial charge is 0.444 e. The van der Waals surface area contributed by atoms with E-state index in [0.717, 1.165) is 12.8 Å². The Morgan fingerprint density at radius 1 is 1.31 bits per heavy atom. The normalized spacial score (nSPS) is 15.5. The lowest BCUT2D eigenvalue weighted by molar-refractivity contribution is 0.0511. The Bertz CT molecular complexity index is 656. The second-order valence-electron chi connectivity index (χ2n) is 7.37. The first-order valence-corrected chi connectivity index (χ1v) is 9.41. The van der Waals surface area contributed by atoms with Crippen LogP contribution in [0.1, 0.15) is 33.6 Å². The molecule has 2 rings (SSSR count). The highest BCUT2D eigenvalue weighted by Crippen LogP contribution is 2.21. The van der Waals surface area contributed by atoms with Gasteiger partial charge < -0.3 is 20.3 Å². The number of urea groups is 1. The fourth-order valence-corrected chi connectivity index (χ4v) is 2.91. The Kier molecular flexibility index (Phi) is 6.86. The van der Waals surface area contributed by atoms with Gasteiger partial charge in [-0.15, -0.1) is 0 Å². The van der Waals surface area contributed by atoms with Crippen molar-refractivity contribution >= 4 is 33.7 Å². The van der Waals surface area contributed by atoms with Crippen LogP contribution < -0.4 is 10.6 Å². The second kappa shape index (κ2) is 8.70. The summed E-state index contributed by atoms with van der Waals surface area (Å²) >= 11 is 3.08. The van der Waals surface area contributed by atoms with Gasteiger partial charge in [0.25, 0.3) is 0 Å². The topological polar surface area (TPSA) is 70.7 Å². The Hall–Kier alpha value is -1.83. The molecule has 0 aliphatic carbocycles. The molecule has 0 radical (unpaired) electrons. The average molecular weight is 430 g/mol. The van der Waals surface area contributed by atoms with Gasteiger partial charge in [0.15, 0.2) is 0 Å². The number of alkyl carbamates (subject to hydrolysis) is 1. The summed E-state index contributed by atoms with van der Waals surface area (Å²) in [6, 6.07) is 4.23. The Morgan fingerprint density at radius 2 is 1.96 bits per heavy atom. The molecule has 26 heavy (non-hydrogen) atoms. The molecule has 0 saturated carbocycles. The van der Waals surface area contributed by atoms with Crippen molar-refractivity contribution in [3.63, 3.8) is 0 Å². The molecule has 1 saturated heterocycles. The molecule has 6 nitrogen and oxygen atoms in total. The number of amides is 3. The van der Waals surface area contributed by atoms with E-state index in [1.165, 1.54) is 6.07 Å². The first kappa shape index (κ1) is 20.5. The fourth-order valence-electron chi connectivity index (χ4n) is 2.66. The predicted molar refractivity (Wildman–Crippen MR) is 102 cm³/mol. The van der Waals surface area contributed by atoms with Gasteiger partial charge in [-0.25, -0.2) is 14.0 Å². The lowest BCUT2D eigenvalue weighted by atomic mass is 9.97. The van der Waals surface area contributed by atoms with Crippen LogP contribution >= 0.6 is 15.9 Å². The molecule has 3 amide bonds. The number of likely N-dealkylation sites (tertiary alicyclic amines) is 1. The van der Waals surface area contributed by atoms with Crippen molar-refractivity contribution in [2.24, 2.45) is 5.92 Å². The van der Waals surface area contributed by atoms with Gasteiger partial charge in [-0.2, -0.15) is 0 Å². The number of nitrogens with one attached hydrogen (secondary N) is 2. The number of anilines is 1. The van der Waals surface area contributed by atoms with E-state index in [1.807, 2.05) is 20.8 Å². The van der Waals surface area contributed by atoms with E-state index in [-0.39, 0.29) is 6.03 Å². The fraction of sp³-hybridized carbons (Fsp3) is 0.556. The van der Waals surface area contributed by atoms with Crippen LogP contribution in [0.2, 0.25) is 0 Å². The molecule has 0 bridgehead atoms. The molecular weight excluding hydrogens is 405 g/mol. The smallest absolute Gasteiger partial charge is 0.407 e. The second-order valence-corrected chi connectivity index (χ2v) is 8.23. The van der Waals surface area contributed by atoms with Crippen molar-refractivity contribution < 1.29 is 18.7 Å². The highest BCUT2D eigenvalue weighted by molar-refractivity contribution is 9.10. The third kappa shape index (κ3) is 6.48. The molecule has 1 fully saturated rings. The minimum absolute atomic E-state index is 0.245. The lowest BCUT2D eigenvalue weighted by Crippen LogP contribution is -2.43. The van der Waals surface area contributed by atoms with E-state index in [4.69, 9.17) is 4.74 Å². The number of benzene rings is 1. The third-order valence-electron chi connectivity index (χ3n) is 4.01. The van der Waals surface area contributed by atoms with Crippen LogP contribution in [0, 0.1) is 11.7 Å². The Balaban J connectivity index is 1.74. The number of carbonyl (C=O) groups is 2. The summed E-state index contributed by atoms with van der Waals surface area (Å²) in [5.41, 5.74) is -0.0951. The molecule has 1 aromatic rings. The van der Waals surface area contributed by atoms with Crippen molar-refractivity contribution in [3.8, 4) is 0 Å². The molecule has 0 atom stereocenters. The molecule has 144 valence electrons. The zero-order valence-corrected chi connectivity index (χ0v) is 16.9. The van der Waals surface area contributed by atoms with Gasteiger partial charge in [0.05, 0.1) is 4.47 Å². The van der Waals surface area contributed by atoms with Crippen LogP contribution in [-0.4, -0.2) is 42.3 Å². The molecule has 1 aliphatic heterocycles. The molecule has 1 aromatic carbocycles. The van der Waals surface area contributed by atoms with Gasteiger partial charge in [0, 0.05) is 25.3 Å². The monoisotopic (exact) mass is 429 g/mol. The number of carbonyl (C=O) groups excluding carboxylic acids is 2. The molecule has 8 heteroatoms. The molecule has 0 unspecified atom stereocenters. The minimum Gasteiger partial charge on any atom is -0.444 e. The van der Waals surface area contributed by atoms with Crippen LogP contribution in [-0.2, 0) is 4.74 Å². The van der Waals surface area contributed by atoms with Crippen LogP contribution in [0.3, 0.4) is 0 Å². The van der Waals surface area contributed by atoms with Gasteiger partial charge >= 0.3 is 12.1 Å². The van der Waals surface area contributed by atoms with E-state index in [0.29, 0.717) is 35.7 Å². The first-order chi connectivity index (χ1) is 12.1. The SMILES string of the molecule is CC(C)(C)OC(=O)NCC1CCN(C(=O)Nc2ccc(Br)c(F)c2)CC1.